The fraction of sp³-hybridized carbons (Fsp3) is 0.0714. The summed E-state index contributed by atoms with van der Waals surface area (Å²) in [5.41, 5.74) is 0.572. The van der Waals surface area contributed by atoms with Crippen molar-refractivity contribution in [2.24, 2.45) is 0 Å². The number of Topliss-reactive ketones (excluding diaryl/α,β-unsaturated/α-hetero) is 1. The van der Waals surface area contributed by atoms with Gasteiger partial charge in [-0.1, -0.05) is 30.0 Å². The van der Waals surface area contributed by atoms with Gasteiger partial charge in [0.05, 0.1) is 16.9 Å². The van der Waals surface area contributed by atoms with Crippen LogP contribution in [-0.4, -0.2) is 12.0 Å². The molecule has 20 heavy (non-hydrogen) atoms. The van der Waals surface area contributed by atoms with E-state index in [0.717, 1.165) is 4.90 Å². The minimum Gasteiger partial charge on any atom is -0.353 e. The van der Waals surface area contributed by atoms with Gasteiger partial charge >= 0.3 is 6.18 Å². The van der Waals surface area contributed by atoms with E-state index >= 15 is 0 Å². The Morgan fingerprint density at radius 3 is 2.45 bits per heavy atom. The Kier molecular flexibility index (Phi) is 2.97. The van der Waals surface area contributed by atoms with Crippen LogP contribution in [0.2, 0.25) is 0 Å². The van der Waals surface area contributed by atoms with E-state index in [4.69, 9.17) is 0 Å². The molecule has 1 aliphatic heterocycles. The lowest BCUT2D eigenvalue weighted by Crippen LogP contribution is -2.24. The van der Waals surface area contributed by atoms with Gasteiger partial charge in [-0.25, -0.2) is 0 Å². The summed E-state index contributed by atoms with van der Waals surface area (Å²) < 4.78 is 37.8. The third-order valence-electron chi connectivity index (χ3n) is 2.89. The van der Waals surface area contributed by atoms with Crippen LogP contribution in [0.25, 0.3) is 0 Å². The second-order valence-electron chi connectivity index (χ2n) is 4.23. The van der Waals surface area contributed by atoms with Crippen LogP contribution in [0.3, 0.4) is 0 Å². The zero-order valence-electron chi connectivity index (χ0n) is 9.99. The first-order valence-corrected chi connectivity index (χ1v) is 6.57. The summed E-state index contributed by atoms with van der Waals surface area (Å²) in [5.74, 6) is -1.83. The smallest absolute Gasteiger partial charge is 0.353 e. The van der Waals surface area contributed by atoms with Crippen LogP contribution in [0, 0.1) is 0 Å². The van der Waals surface area contributed by atoms with Crippen molar-refractivity contribution < 1.29 is 18.0 Å². The molecule has 6 heteroatoms. The molecule has 0 aromatic heterocycles. The Hall–Kier alpha value is -1.95. The third-order valence-corrected chi connectivity index (χ3v) is 4.03. The highest BCUT2D eigenvalue weighted by atomic mass is 32.2. The van der Waals surface area contributed by atoms with E-state index in [2.05, 4.69) is 5.32 Å². The van der Waals surface area contributed by atoms with E-state index in [1.807, 2.05) is 12.1 Å². The van der Waals surface area contributed by atoms with Crippen LogP contribution < -0.4 is 5.32 Å². The molecule has 0 saturated carbocycles. The van der Waals surface area contributed by atoms with Gasteiger partial charge in [-0.2, -0.15) is 13.2 Å². The average molecular weight is 295 g/mol. The van der Waals surface area contributed by atoms with Crippen molar-refractivity contribution >= 4 is 28.9 Å². The van der Waals surface area contributed by atoms with E-state index in [9.17, 15) is 18.0 Å². The van der Waals surface area contributed by atoms with Crippen LogP contribution in [0.4, 0.5) is 24.5 Å². The standard InChI is InChI=1S/C14H8F3NOS/c15-14(16,17)13(19)8-4-3-7-11-12(8)18-9-5-1-2-6-10(9)20-11/h1-7,18H. The number of halogens is 3. The van der Waals surface area contributed by atoms with E-state index in [1.54, 1.807) is 18.2 Å². The lowest BCUT2D eigenvalue weighted by molar-refractivity contribution is -0.0884. The van der Waals surface area contributed by atoms with E-state index < -0.39 is 12.0 Å². The predicted molar refractivity (Wildman–Crippen MR) is 70.7 cm³/mol. The highest BCUT2D eigenvalue weighted by molar-refractivity contribution is 7.99. The summed E-state index contributed by atoms with van der Waals surface area (Å²) in [7, 11) is 0. The molecular formula is C14H8F3NOS. The van der Waals surface area contributed by atoms with Crippen molar-refractivity contribution in [2.45, 2.75) is 16.0 Å². The molecule has 1 aliphatic rings. The van der Waals surface area contributed by atoms with E-state index in [-0.39, 0.29) is 11.3 Å². The molecule has 3 rings (SSSR count). The van der Waals surface area contributed by atoms with Gasteiger partial charge in [0, 0.05) is 9.79 Å². The van der Waals surface area contributed by atoms with Crippen molar-refractivity contribution in [3.05, 3.63) is 48.0 Å². The molecule has 0 aliphatic carbocycles. The second kappa shape index (κ2) is 4.56. The average Bonchev–Trinajstić information content (AvgIpc) is 2.42. The topological polar surface area (TPSA) is 29.1 Å². The zero-order valence-corrected chi connectivity index (χ0v) is 10.8. The van der Waals surface area contributed by atoms with Gasteiger partial charge in [0.25, 0.3) is 5.78 Å². The Balaban J connectivity index is 2.09. The molecule has 2 aromatic carbocycles. The maximum atomic E-state index is 12.6. The Bertz CT molecular complexity index is 697. The van der Waals surface area contributed by atoms with Gasteiger partial charge in [0.2, 0.25) is 0 Å². The number of anilines is 2. The third kappa shape index (κ3) is 2.16. The highest BCUT2D eigenvalue weighted by Crippen LogP contribution is 2.46. The lowest BCUT2D eigenvalue weighted by Gasteiger charge is -2.23. The number of carbonyl (C=O) groups excluding carboxylic acids is 1. The predicted octanol–water partition coefficient (Wildman–Crippen LogP) is 4.64. The molecule has 0 atom stereocenters. The van der Waals surface area contributed by atoms with Crippen molar-refractivity contribution in [1.82, 2.24) is 0 Å². The summed E-state index contributed by atoms with van der Waals surface area (Å²) in [4.78, 5) is 13.0. The van der Waals surface area contributed by atoms with Gasteiger partial charge in [0.15, 0.2) is 0 Å². The summed E-state index contributed by atoms with van der Waals surface area (Å²) in [6.07, 6.45) is -4.88. The maximum absolute atomic E-state index is 12.6. The Labute approximate surface area is 117 Å². The van der Waals surface area contributed by atoms with E-state index in [0.29, 0.717) is 10.6 Å². The number of alkyl halides is 3. The van der Waals surface area contributed by atoms with Crippen LogP contribution in [0.1, 0.15) is 10.4 Å². The van der Waals surface area contributed by atoms with Crippen LogP contribution >= 0.6 is 11.8 Å². The second-order valence-corrected chi connectivity index (χ2v) is 5.31. The first-order chi connectivity index (χ1) is 9.47. The molecule has 2 nitrogen and oxygen atoms in total. The van der Waals surface area contributed by atoms with Crippen LogP contribution in [0.5, 0.6) is 0 Å². The molecule has 102 valence electrons. The summed E-state index contributed by atoms with van der Waals surface area (Å²) >= 11 is 1.34. The first kappa shape index (κ1) is 13.1. The fourth-order valence-corrected chi connectivity index (χ4v) is 3.02. The largest absolute Gasteiger partial charge is 0.454 e. The van der Waals surface area contributed by atoms with Crippen LogP contribution in [0.15, 0.2) is 52.3 Å². The van der Waals surface area contributed by atoms with Gasteiger partial charge in [-0.05, 0) is 24.3 Å². The van der Waals surface area contributed by atoms with Gasteiger partial charge < -0.3 is 5.32 Å². The monoisotopic (exact) mass is 295 g/mol. The van der Waals surface area contributed by atoms with Crippen molar-refractivity contribution in [1.29, 1.82) is 0 Å². The minimum absolute atomic E-state index is 0.221. The molecule has 0 bridgehead atoms. The molecule has 2 aromatic rings. The maximum Gasteiger partial charge on any atom is 0.454 e. The highest BCUT2D eigenvalue weighted by Gasteiger charge is 2.41. The number of benzene rings is 2. The van der Waals surface area contributed by atoms with E-state index in [1.165, 1.54) is 23.9 Å². The molecular weight excluding hydrogens is 287 g/mol. The number of hydrogen-bond acceptors (Lipinski definition) is 3. The zero-order chi connectivity index (χ0) is 14.3. The summed E-state index contributed by atoms with van der Waals surface area (Å²) in [6.45, 7) is 0. The number of fused-ring (bicyclic) bond motifs is 2. The number of nitrogens with one attached hydrogen (secondary N) is 1. The van der Waals surface area contributed by atoms with Crippen molar-refractivity contribution in [2.75, 3.05) is 5.32 Å². The lowest BCUT2D eigenvalue weighted by atomic mass is 10.1. The number of hydrogen-bond donors (Lipinski definition) is 1. The molecule has 1 N–H and O–H groups in total. The van der Waals surface area contributed by atoms with Crippen molar-refractivity contribution in [3.63, 3.8) is 0 Å². The van der Waals surface area contributed by atoms with Crippen molar-refractivity contribution in [3.8, 4) is 0 Å². The van der Waals surface area contributed by atoms with Gasteiger partial charge in [-0.3, -0.25) is 4.79 Å². The SMILES string of the molecule is O=C(c1cccc2c1Nc1ccccc1S2)C(F)(F)F. The van der Waals surface area contributed by atoms with Crippen LogP contribution in [-0.2, 0) is 0 Å². The molecule has 0 spiro atoms. The molecule has 0 radical (unpaired) electrons. The minimum atomic E-state index is -4.88. The molecule has 0 amide bonds. The fourth-order valence-electron chi connectivity index (χ4n) is 2.00. The molecule has 0 unspecified atom stereocenters. The molecule has 1 heterocycles. The number of rotatable bonds is 1. The normalized spacial score (nSPS) is 13.2. The number of para-hydroxylation sites is 2. The number of carbonyl (C=O) groups is 1. The Morgan fingerprint density at radius 2 is 1.70 bits per heavy atom. The Morgan fingerprint density at radius 1 is 1.00 bits per heavy atom. The molecule has 0 fully saturated rings. The molecule has 0 saturated heterocycles. The summed E-state index contributed by atoms with van der Waals surface area (Å²) in [6, 6.07) is 11.6. The van der Waals surface area contributed by atoms with Gasteiger partial charge in [0.1, 0.15) is 0 Å². The summed E-state index contributed by atoms with van der Waals surface area (Å²) in [5, 5.41) is 2.92. The van der Waals surface area contributed by atoms with Gasteiger partial charge in [-0.15, -0.1) is 0 Å². The quantitative estimate of drug-likeness (QED) is 0.663. The first-order valence-electron chi connectivity index (χ1n) is 5.75. The number of ketones is 1.